The zero-order valence-corrected chi connectivity index (χ0v) is 12.1. The minimum absolute atomic E-state index is 0.819. The van der Waals surface area contributed by atoms with Gasteiger partial charge in [-0.1, -0.05) is 12.8 Å². The predicted molar refractivity (Wildman–Crippen MR) is 80.8 cm³/mol. The molecule has 4 nitrogen and oxygen atoms in total. The highest BCUT2D eigenvalue weighted by atomic mass is 14.8. The highest BCUT2D eigenvalue weighted by Crippen LogP contribution is 1.98. The molecule has 0 amide bonds. The fourth-order valence-electron chi connectivity index (χ4n) is 1.89. The van der Waals surface area contributed by atoms with Crippen molar-refractivity contribution in [1.29, 1.82) is 0 Å². The van der Waals surface area contributed by atoms with Crippen molar-refractivity contribution in [3.8, 4) is 0 Å². The van der Waals surface area contributed by atoms with Gasteiger partial charge in [-0.15, -0.1) is 0 Å². The van der Waals surface area contributed by atoms with E-state index in [0.29, 0.717) is 0 Å². The Hall–Kier alpha value is -0.160. The van der Waals surface area contributed by atoms with Gasteiger partial charge in [-0.25, -0.2) is 0 Å². The molecule has 6 N–H and O–H groups in total. The first-order chi connectivity index (χ1) is 8.91. The van der Waals surface area contributed by atoms with Crippen molar-refractivity contribution < 1.29 is 0 Å². The molecule has 0 saturated heterocycles. The largest absolute Gasteiger partial charge is 0.330 e. The summed E-state index contributed by atoms with van der Waals surface area (Å²) in [6.07, 6.45) is 9.99. The van der Waals surface area contributed by atoms with E-state index in [1.54, 1.807) is 0 Å². The smallest absolute Gasteiger partial charge is 0.00484 e. The zero-order valence-electron chi connectivity index (χ0n) is 12.1. The second-order valence-corrected chi connectivity index (χ2v) is 4.91. The van der Waals surface area contributed by atoms with Crippen LogP contribution in [-0.2, 0) is 0 Å². The van der Waals surface area contributed by atoms with E-state index in [0.717, 1.165) is 52.1 Å². The van der Waals surface area contributed by atoms with Crippen LogP contribution in [0.15, 0.2) is 0 Å². The minimum Gasteiger partial charge on any atom is -0.330 e. The van der Waals surface area contributed by atoms with Crippen LogP contribution in [0.5, 0.6) is 0 Å². The molecule has 4 heteroatoms. The van der Waals surface area contributed by atoms with Gasteiger partial charge < -0.3 is 22.1 Å². The van der Waals surface area contributed by atoms with Crippen LogP contribution in [0.2, 0.25) is 0 Å². The third kappa shape index (κ3) is 15.8. The molecule has 0 aliphatic carbocycles. The molecule has 0 aliphatic heterocycles. The van der Waals surface area contributed by atoms with Gasteiger partial charge in [0.2, 0.25) is 0 Å². The monoisotopic (exact) mass is 258 g/mol. The maximum Gasteiger partial charge on any atom is -0.00484 e. The van der Waals surface area contributed by atoms with Crippen molar-refractivity contribution >= 4 is 0 Å². The number of nitrogens with two attached hydrogens (primary N) is 2. The Morgan fingerprint density at radius 2 is 0.778 bits per heavy atom. The summed E-state index contributed by atoms with van der Waals surface area (Å²) in [6.45, 7) is 6.21. The summed E-state index contributed by atoms with van der Waals surface area (Å²) in [5.74, 6) is 0. The van der Waals surface area contributed by atoms with Gasteiger partial charge in [0.25, 0.3) is 0 Å². The maximum atomic E-state index is 5.44. The van der Waals surface area contributed by atoms with Crippen molar-refractivity contribution in [3.05, 3.63) is 0 Å². The summed E-state index contributed by atoms with van der Waals surface area (Å²) in [7, 11) is 0. The van der Waals surface area contributed by atoms with Gasteiger partial charge >= 0.3 is 0 Å². The molecule has 110 valence electrons. The van der Waals surface area contributed by atoms with Crippen molar-refractivity contribution in [1.82, 2.24) is 10.6 Å². The number of rotatable bonds is 15. The van der Waals surface area contributed by atoms with E-state index >= 15 is 0 Å². The number of nitrogens with one attached hydrogen (secondary N) is 2. The van der Waals surface area contributed by atoms with E-state index in [1.165, 1.54) is 38.5 Å². The first-order valence-electron chi connectivity index (χ1n) is 7.73. The fourth-order valence-corrected chi connectivity index (χ4v) is 1.89. The lowest BCUT2D eigenvalue weighted by atomic mass is 10.2. The van der Waals surface area contributed by atoms with E-state index < -0.39 is 0 Å². The molecule has 18 heavy (non-hydrogen) atoms. The quantitative estimate of drug-likeness (QED) is 0.333. The van der Waals surface area contributed by atoms with Crippen molar-refractivity contribution in [2.24, 2.45) is 11.5 Å². The Morgan fingerprint density at radius 1 is 0.444 bits per heavy atom. The Kier molecular flexibility index (Phi) is 16.7. The summed E-state index contributed by atoms with van der Waals surface area (Å²) in [5, 5.41) is 6.92. The van der Waals surface area contributed by atoms with Crippen LogP contribution in [0.1, 0.15) is 51.4 Å². The fraction of sp³-hybridized carbons (Fsp3) is 1.00. The van der Waals surface area contributed by atoms with Crippen LogP contribution in [0.3, 0.4) is 0 Å². The van der Waals surface area contributed by atoms with Gasteiger partial charge in [0.05, 0.1) is 0 Å². The molecule has 0 rings (SSSR count). The normalized spacial score (nSPS) is 11.0. The van der Waals surface area contributed by atoms with E-state index in [4.69, 9.17) is 11.5 Å². The van der Waals surface area contributed by atoms with E-state index in [-0.39, 0.29) is 0 Å². The molecule has 0 atom stereocenters. The molecule has 0 heterocycles. The van der Waals surface area contributed by atoms with Gasteiger partial charge in [-0.05, 0) is 77.8 Å². The zero-order chi connectivity index (χ0) is 13.3. The molecule has 0 saturated carbocycles. The predicted octanol–water partition coefficient (Wildman–Crippen LogP) is 1.20. The summed E-state index contributed by atoms with van der Waals surface area (Å²) >= 11 is 0. The molecule has 0 radical (unpaired) electrons. The Labute approximate surface area is 113 Å². The van der Waals surface area contributed by atoms with Crippen LogP contribution >= 0.6 is 0 Å². The molecule has 0 spiro atoms. The molecule has 0 bridgehead atoms. The standard InChI is InChI=1S/C14H34N4/c15-9-3-7-13-17-11-5-1-2-6-12-18-14-8-4-10-16/h17-18H,1-16H2. The average Bonchev–Trinajstić information content (AvgIpc) is 2.39. The topological polar surface area (TPSA) is 76.1 Å². The molecule has 0 aliphatic rings. The highest BCUT2D eigenvalue weighted by molar-refractivity contribution is 4.53. The van der Waals surface area contributed by atoms with Crippen LogP contribution in [0.4, 0.5) is 0 Å². The molecular formula is C14H34N4. The van der Waals surface area contributed by atoms with Crippen molar-refractivity contribution in [3.63, 3.8) is 0 Å². The average molecular weight is 258 g/mol. The molecule has 0 aromatic carbocycles. The molecule has 0 fully saturated rings. The maximum absolute atomic E-state index is 5.44. The Morgan fingerprint density at radius 3 is 1.11 bits per heavy atom. The number of unbranched alkanes of at least 4 members (excludes halogenated alkanes) is 5. The molecule has 0 aromatic rings. The lowest BCUT2D eigenvalue weighted by Gasteiger charge is -2.05. The lowest BCUT2D eigenvalue weighted by molar-refractivity contribution is 0.548. The van der Waals surface area contributed by atoms with Crippen LogP contribution in [-0.4, -0.2) is 39.3 Å². The summed E-state index contributed by atoms with van der Waals surface area (Å²) in [6, 6.07) is 0. The number of hydrogen-bond donors (Lipinski definition) is 4. The van der Waals surface area contributed by atoms with E-state index in [1.807, 2.05) is 0 Å². The van der Waals surface area contributed by atoms with E-state index in [9.17, 15) is 0 Å². The highest BCUT2D eigenvalue weighted by Gasteiger charge is 1.92. The Balaban J connectivity index is 2.86. The van der Waals surface area contributed by atoms with Gasteiger partial charge in [-0.2, -0.15) is 0 Å². The van der Waals surface area contributed by atoms with Crippen molar-refractivity contribution in [2.45, 2.75) is 51.4 Å². The molecule has 0 aromatic heterocycles. The molecular weight excluding hydrogens is 224 g/mol. The Bertz CT molecular complexity index is 126. The first kappa shape index (κ1) is 17.8. The van der Waals surface area contributed by atoms with E-state index in [2.05, 4.69) is 10.6 Å². The second kappa shape index (κ2) is 16.8. The van der Waals surface area contributed by atoms with Crippen LogP contribution in [0.25, 0.3) is 0 Å². The van der Waals surface area contributed by atoms with Crippen molar-refractivity contribution in [2.75, 3.05) is 39.3 Å². The van der Waals surface area contributed by atoms with Crippen LogP contribution < -0.4 is 22.1 Å². The summed E-state index contributed by atoms with van der Waals surface area (Å²) in [5.41, 5.74) is 10.9. The first-order valence-corrected chi connectivity index (χ1v) is 7.73. The van der Waals surface area contributed by atoms with Gasteiger partial charge in [0.1, 0.15) is 0 Å². The van der Waals surface area contributed by atoms with Gasteiger partial charge in [0, 0.05) is 0 Å². The lowest BCUT2D eigenvalue weighted by Crippen LogP contribution is -2.18. The minimum atomic E-state index is 0.819. The van der Waals surface area contributed by atoms with Gasteiger partial charge in [-0.3, -0.25) is 0 Å². The number of hydrogen-bond acceptors (Lipinski definition) is 4. The summed E-state index contributed by atoms with van der Waals surface area (Å²) < 4.78 is 0. The second-order valence-electron chi connectivity index (χ2n) is 4.91. The van der Waals surface area contributed by atoms with Crippen LogP contribution in [0, 0.1) is 0 Å². The summed E-state index contributed by atoms with van der Waals surface area (Å²) in [4.78, 5) is 0. The third-order valence-corrected chi connectivity index (χ3v) is 3.07. The SMILES string of the molecule is NCCCCNCCCCCCNCCCCN. The van der Waals surface area contributed by atoms with Gasteiger partial charge in [0.15, 0.2) is 0 Å². The third-order valence-electron chi connectivity index (χ3n) is 3.07. The molecule has 0 unspecified atom stereocenters.